The van der Waals surface area contributed by atoms with E-state index in [9.17, 15) is 18.5 Å². The van der Waals surface area contributed by atoms with Gasteiger partial charge in [0.2, 0.25) is 0 Å². The molecule has 1 fully saturated rings. The molecule has 3 N–H and O–H groups in total. The lowest BCUT2D eigenvalue weighted by atomic mass is 10.2. The summed E-state index contributed by atoms with van der Waals surface area (Å²) in [5.41, 5.74) is 2.65. The fraction of sp³-hybridized carbons (Fsp3) is 0.370. The van der Waals surface area contributed by atoms with Crippen molar-refractivity contribution in [2.75, 3.05) is 16.6 Å². The molecular formula is C27H32FN3O4S. The van der Waals surface area contributed by atoms with E-state index in [4.69, 9.17) is 4.74 Å². The van der Waals surface area contributed by atoms with Gasteiger partial charge in [0.25, 0.3) is 5.56 Å². The number of halogens is 1. The highest BCUT2D eigenvalue weighted by Crippen LogP contribution is 2.46. The number of aryl methyl sites for hydroxylation is 2. The zero-order valence-corrected chi connectivity index (χ0v) is 21.5. The molecule has 0 radical (unpaired) electrons. The molecule has 1 aliphatic carbocycles. The van der Waals surface area contributed by atoms with Gasteiger partial charge in [0.1, 0.15) is 22.6 Å². The smallest absolute Gasteiger partial charge is 0.254 e. The van der Waals surface area contributed by atoms with Crippen molar-refractivity contribution >= 4 is 28.2 Å². The molecule has 0 amide bonds. The molecule has 3 aromatic rings. The molecule has 1 unspecified atom stereocenters. The zero-order valence-electron chi connectivity index (χ0n) is 20.7. The van der Waals surface area contributed by atoms with E-state index < -0.39 is 27.7 Å². The van der Waals surface area contributed by atoms with Crippen LogP contribution in [0.3, 0.4) is 0 Å². The maximum absolute atomic E-state index is 14.5. The van der Waals surface area contributed by atoms with Crippen LogP contribution in [0.5, 0.6) is 0 Å². The van der Waals surface area contributed by atoms with E-state index in [0.29, 0.717) is 42.9 Å². The van der Waals surface area contributed by atoms with E-state index in [1.165, 1.54) is 10.6 Å². The van der Waals surface area contributed by atoms with Gasteiger partial charge in [-0.2, -0.15) is 0 Å². The first-order chi connectivity index (χ1) is 17.2. The van der Waals surface area contributed by atoms with Gasteiger partial charge < -0.3 is 19.9 Å². The molecule has 0 bridgehead atoms. The van der Waals surface area contributed by atoms with Crippen molar-refractivity contribution in [1.82, 2.24) is 4.57 Å². The number of aliphatic hydroxyl groups excluding tert-OH is 1. The average Bonchev–Trinajstić information content (AvgIpc) is 3.62. The molecule has 7 nitrogen and oxygen atoms in total. The van der Waals surface area contributed by atoms with Crippen LogP contribution in [0, 0.1) is 19.7 Å². The molecule has 1 aromatic heterocycles. The minimum atomic E-state index is -1.55. The van der Waals surface area contributed by atoms with Crippen LogP contribution in [0.4, 0.5) is 21.6 Å². The maximum atomic E-state index is 14.5. The van der Waals surface area contributed by atoms with Crippen LogP contribution >= 0.6 is 0 Å². The lowest BCUT2D eigenvalue weighted by molar-refractivity contribution is 0.0234. The Morgan fingerprint density at radius 1 is 1.14 bits per heavy atom. The third-order valence-electron chi connectivity index (χ3n) is 6.40. The number of hydrogen-bond donors (Lipinski definition) is 3. The SMILES string of the molecule is Cc1ccc(Nc2c(NS(=O)C3(C[C@H](O)COCc4ccccc4)CC3)cc(C)c(=O)n2C)c(F)c1. The molecule has 0 aliphatic heterocycles. The molecule has 2 aromatic carbocycles. The lowest BCUT2D eigenvalue weighted by Gasteiger charge is -2.22. The van der Waals surface area contributed by atoms with Crippen molar-refractivity contribution < 1.29 is 18.4 Å². The fourth-order valence-corrected chi connectivity index (χ4v) is 5.55. The van der Waals surface area contributed by atoms with Gasteiger partial charge >= 0.3 is 0 Å². The van der Waals surface area contributed by atoms with Crippen LogP contribution in [-0.2, 0) is 29.4 Å². The number of rotatable bonds is 11. The molecule has 2 atom stereocenters. The zero-order chi connectivity index (χ0) is 25.9. The summed E-state index contributed by atoms with van der Waals surface area (Å²) in [6.45, 7) is 4.01. The summed E-state index contributed by atoms with van der Waals surface area (Å²) in [4.78, 5) is 12.6. The van der Waals surface area contributed by atoms with Gasteiger partial charge in [0, 0.05) is 12.6 Å². The third kappa shape index (κ3) is 6.03. The molecule has 4 rings (SSSR count). The number of nitrogens with one attached hydrogen (secondary N) is 2. The minimum Gasteiger partial charge on any atom is -0.391 e. The number of nitrogens with zero attached hydrogens (tertiary/aromatic N) is 1. The number of aromatic nitrogens is 1. The third-order valence-corrected chi connectivity index (χ3v) is 8.17. The van der Waals surface area contributed by atoms with Crippen LogP contribution in [0.25, 0.3) is 0 Å². The van der Waals surface area contributed by atoms with Gasteiger partial charge in [-0.25, -0.2) is 8.60 Å². The fourth-order valence-electron chi connectivity index (χ4n) is 4.16. The van der Waals surface area contributed by atoms with Gasteiger partial charge in [0.15, 0.2) is 0 Å². The normalized spacial score (nSPS) is 15.8. The topological polar surface area (TPSA) is 92.6 Å². The van der Waals surface area contributed by atoms with Crippen LogP contribution in [0.2, 0.25) is 0 Å². The molecular weight excluding hydrogens is 481 g/mol. The first-order valence-corrected chi connectivity index (χ1v) is 13.1. The Kier molecular flexibility index (Phi) is 7.92. The Balaban J connectivity index is 1.46. The molecule has 36 heavy (non-hydrogen) atoms. The largest absolute Gasteiger partial charge is 0.391 e. The van der Waals surface area contributed by atoms with Gasteiger partial charge in [-0.05, 0) is 62.4 Å². The molecule has 0 spiro atoms. The Morgan fingerprint density at radius 3 is 2.53 bits per heavy atom. The molecule has 1 aliphatic rings. The van der Waals surface area contributed by atoms with E-state index in [1.54, 1.807) is 39.1 Å². The van der Waals surface area contributed by atoms with Crippen molar-refractivity contribution in [3.05, 3.63) is 87.5 Å². The van der Waals surface area contributed by atoms with E-state index >= 15 is 0 Å². The number of anilines is 3. The Labute approximate surface area is 212 Å². The summed E-state index contributed by atoms with van der Waals surface area (Å²) in [6.07, 6.45) is 0.954. The second-order valence-electron chi connectivity index (χ2n) is 9.47. The van der Waals surface area contributed by atoms with Crippen molar-refractivity contribution in [3.63, 3.8) is 0 Å². The highest BCUT2D eigenvalue weighted by molar-refractivity contribution is 7.88. The summed E-state index contributed by atoms with van der Waals surface area (Å²) in [6, 6.07) is 16.1. The average molecular weight is 514 g/mol. The molecule has 9 heteroatoms. The Morgan fingerprint density at radius 2 is 1.86 bits per heavy atom. The van der Waals surface area contributed by atoms with Crippen LogP contribution in [-0.4, -0.2) is 31.3 Å². The highest BCUT2D eigenvalue weighted by Gasteiger charge is 2.50. The lowest BCUT2D eigenvalue weighted by Crippen LogP contribution is -2.31. The molecule has 0 saturated heterocycles. The standard InChI is InChI=1S/C27H32FN3O4S/c1-18-9-10-23(22(28)13-18)29-25-24(14-19(2)26(33)31(25)3)30-36(34)27(11-12-27)15-21(32)17-35-16-20-7-5-4-6-8-20/h4-10,13-14,21,29-30,32H,11-12,15-17H2,1-3H3/t21-,36?/m0/s1. The highest BCUT2D eigenvalue weighted by atomic mass is 32.2. The quantitative estimate of drug-likeness (QED) is 0.352. The predicted molar refractivity (Wildman–Crippen MR) is 141 cm³/mol. The second kappa shape index (κ2) is 10.9. The van der Waals surface area contributed by atoms with Gasteiger partial charge in [-0.3, -0.25) is 9.36 Å². The summed E-state index contributed by atoms with van der Waals surface area (Å²) in [5, 5.41) is 13.5. The van der Waals surface area contributed by atoms with Crippen molar-refractivity contribution in [2.45, 2.75) is 50.6 Å². The number of benzene rings is 2. The maximum Gasteiger partial charge on any atom is 0.254 e. The van der Waals surface area contributed by atoms with Crippen molar-refractivity contribution in [3.8, 4) is 0 Å². The van der Waals surface area contributed by atoms with Crippen molar-refractivity contribution in [1.29, 1.82) is 0 Å². The van der Waals surface area contributed by atoms with E-state index in [1.807, 2.05) is 30.3 Å². The van der Waals surface area contributed by atoms with E-state index in [-0.39, 0.29) is 17.9 Å². The van der Waals surface area contributed by atoms with Gasteiger partial charge in [-0.15, -0.1) is 0 Å². The number of ether oxygens (including phenoxy) is 1. The number of pyridine rings is 1. The van der Waals surface area contributed by atoms with Crippen molar-refractivity contribution in [2.24, 2.45) is 7.05 Å². The van der Waals surface area contributed by atoms with Gasteiger partial charge in [0.05, 0.1) is 35.4 Å². The van der Waals surface area contributed by atoms with Crippen LogP contribution in [0.15, 0.2) is 59.4 Å². The summed E-state index contributed by atoms with van der Waals surface area (Å²) < 4.78 is 37.4. The molecule has 192 valence electrons. The number of hydrogen-bond acceptors (Lipinski definition) is 5. The van der Waals surface area contributed by atoms with Crippen LogP contribution < -0.4 is 15.6 Å². The predicted octanol–water partition coefficient (Wildman–Crippen LogP) is 4.46. The van der Waals surface area contributed by atoms with Gasteiger partial charge in [-0.1, -0.05) is 36.4 Å². The summed E-state index contributed by atoms with van der Waals surface area (Å²) in [7, 11) is 0.0345. The summed E-state index contributed by atoms with van der Waals surface area (Å²) >= 11 is 0. The molecule has 1 saturated carbocycles. The first kappa shape index (κ1) is 26.1. The Hall–Kier alpha value is -3.01. The number of aliphatic hydroxyl groups is 1. The monoisotopic (exact) mass is 513 g/mol. The Bertz CT molecular complexity index is 1310. The molecule has 1 heterocycles. The van der Waals surface area contributed by atoms with E-state index in [0.717, 1.165) is 11.1 Å². The first-order valence-electron chi connectivity index (χ1n) is 11.9. The van der Waals surface area contributed by atoms with Crippen LogP contribution in [0.1, 0.15) is 36.0 Å². The second-order valence-corrected chi connectivity index (χ2v) is 11.1. The van der Waals surface area contributed by atoms with E-state index in [2.05, 4.69) is 10.0 Å². The summed E-state index contributed by atoms with van der Waals surface area (Å²) in [5.74, 6) is -0.142. The minimum absolute atomic E-state index is 0.145.